The summed E-state index contributed by atoms with van der Waals surface area (Å²) >= 11 is 0. The molecule has 1 aliphatic rings. The monoisotopic (exact) mass is 461 g/mol. The third-order valence-electron chi connectivity index (χ3n) is 5.78. The first-order chi connectivity index (χ1) is 16.5. The number of fused-ring (bicyclic) bond motifs is 2. The molecule has 0 bridgehead atoms. The Bertz CT molecular complexity index is 1410. The van der Waals surface area contributed by atoms with Gasteiger partial charge in [-0.2, -0.15) is 5.10 Å². The summed E-state index contributed by atoms with van der Waals surface area (Å²) in [6.45, 7) is 7.16. The van der Waals surface area contributed by atoms with Crippen molar-refractivity contribution < 1.29 is 13.9 Å². The van der Waals surface area contributed by atoms with Crippen LogP contribution >= 0.6 is 0 Å². The smallest absolute Gasteiger partial charge is 0.197 e. The Kier molecular flexibility index (Phi) is 5.58. The van der Waals surface area contributed by atoms with Crippen LogP contribution in [0.2, 0.25) is 0 Å². The van der Waals surface area contributed by atoms with Crippen molar-refractivity contribution in [1.82, 2.24) is 34.3 Å². The minimum absolute atomic E-state index is 0.164. The maximum atomic E-state index is 14.9. The summed E-state index contributed by atoms with van der Waals surface area (Å²) in [4.78, 5) is 6.45. The second-order valence-corrected chi connectivity index (χ2v) is 8.02. The molecule has 10 heteroatoms. The molecule has 4 aromatic rings. The lowest BCUT2D eigenvalue weighted by Crippen LogP contribution is -2.24. The Morgan fingerprint density at radius 1 is 1.12 bits per heavy atom. The van der Waals surface area contributed by atoms with Gasteiger partial charge in [0.2, 0.25) is 0 Å². The Labute approximate surface area is 195 Å². The van der Waals surface area contributed by atoms with E-state index in [0.29, 0.717) is 30.4 Å². The first-order valence-electron chi connectivity index (χ1n) is 10.8. The molecule has 0 saturated carbocycles. The average Bonchev–Trinajstić information content (AvgIpc) is 3.46. The molecule has 5 rings (SSSR count). The minimum atomic E-state index is -0.451. The van der Waals surface area contributed by atoms with Gasteiger partial charge in [-0.3, -0.25) is 14.1 Å². The van der Waals surface area contributed by atoms with Gasteiger partial charge in [0.05, 0.1) is 30.7 Å². The van der Waals surface area contributed by atoms with Gasteiger partial charge in [0, 0.05) is 55.1 Å². The van der Waals surface area contributed by atoms with Gasteiger partial charge in [0.25, 0.3) is 0 Å². The van der Waals surface area contributed by atoms with Gasteiger partial charge in [-0.25, -0.2) is 4.39 Å². The van der Waals surface area contributed by atoms with Crippen LogP contribution in [0.3, 0.4) is 0 Å². The van der Waals surface area contributed by atoms with Crippen molar-refractivity contribution in [2.75, 3.05) is 20.3 Å². The fraction of sp³-hybridized carbons (Fsp3) is 0.250. The third-order valence-corrected chi connectivity index (χ3v) is 5.78. The lowest BCUT2D eigenvalue weighted by Gasteiger charge is -2.32. The molecule has 1 aliphatic heterocycles. The fourth-order valence-corrected chi connectivity index (χ4v) is 3.99. The standard InChI is InChI=1S/C24H24FN7O2/c1-15-20-10-19(34-8-7-33-4)12-26-22(20)5-6-31(15)16(2)23-28-29-24-21(25)9-17(14-32(23)24)18-11-27-30(3)13-18/h5-6,9-14,16H,1,7-8H2,2-4H3/t16-/m1/s1. The number of hydrogen-bond acceptors (Lipinski definition) is 7. The van der Waals surface area contributed by atoms with Gasteiger partial charge in [0.1, 0.15) is 12.4 Å². The summed E-state index contributed by atoms with van der Waals surface area (Å²) in [7, 11) is 3.44. The highest BCUT2D eigenvalue weighted by molar-refractivity contribution is 5.75. The highest BCUT2D eigenvalue weighted by Gasteiger charge is 2.26. The molecule has 1 atom stereocenters. The molecule has 0 saturated heterocycles. The highest BCUT2D eigenvalue weighted by atomic mass is 19.1. The van der Waals surface area contributed by atoms with E-state index in [2.05, 4.69) is 26.9 Å². The van der Waals surface area contributed by atoms with Crippen LogP contribution in [0.25, 0.3) is 28.5 Å². The topological polar surface area (TPSA) is 82.6 Å². The van der Waals surface area contributed by atoms with Gasteiger partial charge >= 0.3 is 0 Å². The molecule has 0 aliphatic carbocycles. The zero-order valence-electron chi connectivity index (χ0n) is 19.1. The van der Waals surface area contributed by atoms with Crippen LogP contribution in [0.5, 0.6) is 5.75 Å². The van der Waals surface area contributed by atoms with Gasteiger partial charge in [-0.05, 0) is 25.1 Å². The largest absolute Gasteiger partial charge is 0.490 e. The van der Waals surface area contributed by atoms with Gasteiger partial charge in [-0.15, -0.1) is 10.2 Å². The van der Waals surface area contributed by atoms with Crippen LogP contribution in [-0.4, -0.2) is 54.6 Å². The molecule has 0 amide bonds. The van der Waals surface area contributed by atoms with E-state index in [1.54, 1.807) is 28.6 Å². The van der Waals surface area contributed by atoms with E-state index in [4.69, 9.17) is 9.47 Å². The summed E-state index contributed by atoms with van der Waals surface area (Å²) in [5, 5.41) is 12.6. The normalized spacial score (nSPS) is 14.0. The van der Waals surface area contributed by atoms with Crippen molar-refractivity contribution >= 4 is 17.4 Å². The Balaban J connectivity index is 1.48. The molecule has 0 N–H and O–H groups in total. The van der Waals surface area contributed by atoms with Crippen LogP contribution in [0.15, 0.2) is 49.7 Å². The average molecular weight is 462 g/mol. The molecule has 34 heavy (non-hydrogen) atoms. The summed E-state index contributed by atoms with van der Waals surface area (Å²) in [5.41, 5.74) is 4.03. The number of halogens is 1. The van der Waals surface area contributed by atoms with Gasteiger partial charge < -0.3 is 14.4 Å². The van der Waals surface area contributed by atoms with Crippen LogP contribution in [0.4, 0.5) is 4.39 Å². The number of pyridine rings is 2. The molecule has 5 heterocycles. The zero-order chi connectivity index (χ0) is 23.8. The summed E-state index contributed by atoms with van der Waals surface area (Å²) in [6, 6.07) is 3.07. The second kappa shape index (κ2) is 8.71. The van der Waals surface area contributed by atoms with Crippen molar-refractivity contribution in [2.24, 2.45) is 7.05 Å². The first kappa shape index (κ1) is 21.8. The molecule has 4 aromatic heterocycles. The maximum absolute atomic E-state index is 14.9. The molecule has 0 spiro atoms. The number of aryl methyl sites for hydroxylation is 1. The summed E-state index contributed by atoms with van der Waals surface area (Å²) < 4.78 is 29.0. The molecule has 0 fully saturated rings. The maximum Gasteiger partial charge on any atom is 0.197 e. The first-order valence-corrected chi connectivity index (χ1v) is 10.8. The van der Waals surface area contributed by atoms with E-state index in [-0.39, 0.29) is 11.7 Å². The summed E-state index contributed by atoms with van der Waals surface area (Å²) in [5.74, 6) is 0.762. The Morgan fingerprint density at radius 2 is 1.97 bits per heavy atom. The van der Waals surface area contributed by atoms with E-state index >= 15 is 0 Å². The molecule has 174 valence electrons. The molecular weight excluding hydrogens is 437 g/mol. The van der Waals surface area contributed by atoms with Gasteiger partial charge in [0.15, 0.2) is 17.3 Å². The molecule has 0 radical (unpaired) electrons. The van der Waals surface area contributed by atoms with Gasteiger partial charge in [-0.1, -0.05) is 6.58 Å². The predicted molar refractivity (Wildman–Crippen MR) is 125 cm³/mol. The number of hydrogen-bond donors (Lipinski definition) is 0. The number of methoxy groups -OCH3 is 1. The van der Waals surface area contributed by atoms with Crippen molar-refractivity contribution in [1.29, 1.82) is 0 Å². The van der Waals surface area contributed by atoms with E-state index in [0.717, 1.165) is 22.5 Å². The van der Waals surface area contributed by atoms with Crippen LogP contribution in [-0.2, 0) is 11.8 Å². The summed E-state index contributed by atoms with van der Waals surface area (Å²) in [6.07, 6.45) is 10.8. The molecular formula is C24H24FN7O2. The van der Waals surface area contributed by atoms with E-state index < -0.39 is 5.82 Å². The van der Waals surface area contributed by atoms with Crippen LogP contribution in [0.1, 0.15) is 30.0 Å². The fourth-order valence-electron chi connectivity index (χ4n) is 3.99. The molecule has 9 nitrogen and oxygen atoms in total. The molecule has 0 aromatic carbocycles. The van der Waals surface area contributed by atoms with E-state index in [1.807, 2.05) is 49.6 Å². The van der Waals surface area contributed by atoms with Crippen molar-refractivity contribution in [2.45, 2.75) is 13.0 Å². The number of aromatic nitrogens is 6. The van der Waals surface area contributed by atoms with Crippen LogP contribution < -0.4 is 4.74 Å². The minimum Gasteiger partial charge on any atom is -0.490 e. The quantitative estimate of drug-likeness (QED) is 0.388. The van der Waals surface area contributed by atoms with E-state index in [1.165, 1.54) is 6.07 Å². The third kappa shape index (κ3) is 3.81. The van der Waals surface area contributed by atoms with Crippen molar-refractivity contribution in [3.05, 3.63) is 72.6 Å². The Morgan fingerprint density at radius 3 is 2.74 bits per heavy atom. The van der Waals surface area contributed by atoms with Crippen molar-refractivity contribution in [3.8, 4) is 16.9 Å². The van der Waals surface area contributed by atoms with Crippen LogP contribution in [0, 0.1) is 5.82 Å². The lowest BCUT2D eigenvalue weighted by molar-refractivity contribution is 0.146. The molecule has 0 unspecified atom stereocenters. The highest BCUT2D eigenvalue weighted by Crippen LogP contribution is 2.35. The SMILES string of the molecule is C=C1c2cc(OCCOC)cnc2C=CN1[C@H](C)c1nnc2c(F)cc(-c3cnn(C)c3)cn12. The Hall–Kier alpha value is -4.05. The second-order valence-electron chi connectivity index (χ2n) is 8.02. The van der Waals surface area contributed by atoms with E-state index in [9.17, 15) is 4.39 Å². The lowest BCUT2D eigenvalue weighted by atomic mass is 10.0. The number of rotatable bonds is 7. The van der Waals surface area contributed by atoms with Crippen molar-refractivity contribution in [3.63, 3.8) is 0 Å². The zero-order valence-corrected chi connectivity index (χ0v) is 19.1. The number of nitrogens with zero attached hydrogens (tertiary/aromatic N) is 7. The predicted octanol–water partition coefficient (Wildman–Crippen LogP) is 3.71. The number of ether oxygens (including phenoxy) is 2.